The van der Waals surface area contributed by atoms with E-state index in [9.17, 15) is 0 Å². The summed E-state index contributed by atoms with van der Waals surface area (Å²) in [5.74, 6) is 0. The average Bonchev–Trinajstić information content (AvgIpc) is 3.75. The Morgan fingerprint density at radius 3 is 1.45 bits per heavy atom. The van der Waals surface area contributed by atoms with E-state index in [1.165, 1.54) is 72.3 Å². The molecule has 3 aliphatic carbocycles. The van der Waals surface area contributed by atoms with Crippen molar-refractivity contribution >= 4 is 0 Å². The lowest BCUT2D eigenvalue weighted by Crippen LogP contribution is -2.43. The molecule has 260 valence electrons. The molecule has 0 fully saturated rings. The normalized spacial score (nSPS) is 17.8. The maximum atomic E-state index is 5.35. The largest absolute Gasteiger partial charge is 0.248 e. The molecule has 1 aromatic heterocycles. The van der Waals surface area contributed by atoms with Gasteiger partial charge < -0.3 is 0 Å². The van der Waals surface area contributed by atoms with Crippen LogP contribution in [0.3, 0.4) is 0 Å². The van der Waals surface area contributed by atoms with E-state index in [4.69, 9.17) is 4.98 Å². The van der Waals surface area contributed by atoms with E-state index < -0.39 is 10.8 Å². The van der Waals surface area contributed by atoms with Gasteiger partial charge in [0.15, 0.2) is 0 Å². The van der Waals surface area contributed by atoms with Gasteiger partial charge in [-0.05, 0) is 96.1 Å². The minimum Gasteiger partial charge on any atom is -0.248 e. The SMILES string of the molecule is c1ccc(-c2cc(-c3ccccc3)nc(-c3ccc4c(c3)-c3ccccc3C43c4ccccc4C4(c5ccccc5)c5ccccc5-c5cccc3c54)c2)cc1. The number of aromatic nitrogens is 1. The standard InChI is InChI=1S/C55H35N/c1-4-17-36(18-5-1)39-34-51(37-19-6-2-7-20-37)56-52(35-39)38-31-32-47-44(33-38)42-24-11-13-27-46(42)55(47)49-29-15-14-28-48(49)54(40-21-8-3-9-22-40)45-26-12-10-23-41(45)43-25-16-30-50(55)53(43)54/h1-35H. The van der Waals surface area contributed by atoms with E-state index in [2.05, 4.69) is 212 Å². The zero-order valence-corrected chi connectivity index (χ0v) is 30.7. The molecule has 0 bridgehead atoms. The smallest absolute Gasteiger partial charge is 0.0720 e. The van der Waals surface area contributed by atoms with Crippen molar-refractivity contribution in [2.24, 2.45) is 0 Å². The van der Waals surface area contributed by atoms with Crippen molar-refractivity contribution in [1.82, 2.24) is 4.98 Å². The van der Waals surface area contributed by atoms with Gasteiger partial charge >= 0.3 is 0 Å². The molecular formula is C55H35N. The lowest BCUT2D eigenvalue weighted by molar-refractivity contribution is 0.636. The molecule has 2 unspecified atom stereocenters. The number of rotatable bonds is 4. The summed E-state index contributed by atoms with van der Waals surface area (Å²) in [5.41, 5.74) is 21.5. The Bertz CT molecular complexity index is 2960. The first-order valence-electron chi connectivity index (χ1n) is 19.5. The van der Waals surface area contributed by atoms with E-state index >= 15 is 0 Å². The van der Waals surface area contributed by atoms with E-state index in [1.807, 2.05) is 0 Å². The highest BCUT2D eigenvalue weighted by atomic mass is 14.7. The molecule has 1 nitrogen and oxygen atoms in total. The summed E-state index contributed by atoms with van der Waals surface area (Å²) in [5, 5.41) is 0. The van der Waals surface area contributed by atoms with Gasteiger partial charge in [0, 0.05) is 11.1 Å². The number of fused-ring (bicyclic) bond motifs is 12. The Morgan fingerprint density at radius 2 is 0.750 bits per heavy atom. The molecule has 56 heavy (non-hydrogen) atoms. The topological polar surface area (TPSA) is 12.9 Å². The summed E-state index contributed by atoms with van der Waals surface area (Å²) >= 11 is 0. The molecule has 1 heterocycles. The fourth-order valence-corrected chi connectivity index (χ4v) is 10.6. The van der Waals surface area contributed by atoms with Crippen LogP contribution in [0, 0.1) is 0 Å². The minimum absolute atomic E-state index is 0.446. The highest BCUT2D eigenvalue weighted by molar-refractivity contribution is 5.96. The Labute approximate surface area is 327 Å². The third-order valence-electron chi connectivity index (χ3n) is 12.7. The van der Waals surface area contributed by atoms with Crippen molar-refractivity contribution in [3.8, 4) is 55.9 Å². The molecule has 12 rings (SSSR count). The molecule has 2 atom stereocenters. The van der Waals surface area contributed by atoms with Crippen molar-refractivity contribution < 1.29 is 0 Å². The van der Waals surface area contributed by atoms with Crippen molar-refractivity contribution in [3.05, 3.63) is 257 Å². The number of hydrogen-bond donors (Lipinski definition) is 0. The molecule has 1 spiro atoms. The first-order chi connectivity index (χ1) is 27.8. The van der Waals surface area contributed by atoms with Crippen LogP contribution in [0.15, 0.2) is 212 Å². The van der Waals surface area contributed by atoms with Gasteiger partial charge in [0.2, 0.25) is 0 Å². The Morgan fingerprint density at radius 1 is 0.268 bits per heavy atom. The van der Waals surface area contributed by atoms with Crippen LogP contribution in [0.5, 0.6) is 0 Å². The predicted molar refractivity (Wildman–Crippen MR) is 229 cm³/mol. The summed E-state index contributed by atoms with van der Waals surface area (Å²) in [6.07, 6.45) is 0. The van der Waals surface area contributed by atoms with Gasteiger partial charge in [0.25, 0.3) is 0 Å². The van der Waals surface area contributed by atoms with Crippen LogP contribution in [0.25, 0.3) is 55.9 Å². The van der Waals surface area contributed by atoms with Crippen molar-refractivity contribution in [2.75, 3.05) is 0 Å². The third kappa shape index (κ3) is 4.02. The van der Waals surface area contributed by atoms with Crippen LogP contribution in [-0.4, -0.2) is 4.98 Å². The Balaban J connectivity index is 1.15. The molecule has 0 aliphatic heterocycles. The number of hydrogen-bond acceptors (Lipinski definition) is 1. The second kappa shape index (κ2) is 11.7. The lowest BCUT2D eigenvalue weighted by atomic mass is 9.52. The van der Waals surface area contributed by atoms with Crippen molar-refractivity contribution in [2.45, 2.75) is 10.8 Å². The summed E-state index contributed by atoms with van der Waals surface area (Å²) in [7, 11) is 0. The van der Waals surface area contributed by atoms with Gasteiger partial charge in [-0.3, -0.25) is 0 Å². The van der Waals surface area contributed by atoms with Gasteiger partial charge in [-0.1, -0.05) is 194 Å². The zero-order chi connectivity index (χ0) is 36.8. The summed E-state index contributed by atoms with van der Waals surface area (Å²) in [4.78, 5) is 5.35. The molecule has 9 aromatic rings. The second-order valence-electron chi connectivity index (χ2n) is 15.3. The lowest BCUT2D eigenvalue weighted by Gasteiger charge is -2.48. The van der Waals surface area contributed by atoms with Gasteiger partial charge in [-0.15, -0.1) is 0 Å². The summed E-state index contributed by atoms with van der Waals surface area (Å²) in [6.45, 7) is 0. The molecule has 1 heteroatoms. The highest BCUT2D eigenvalue weighted by Crippen LogP contribution is 2.68. The Hall–Kier alpha value is -7.09. The first-order valence-corrected chi connectivity index (χ1v) is 19.5. The molecule has 8 aromatic carbocycles. The van der Waals surface area contributed by atoms with Crippen molar-refractivity contribution in [1.29, 1.82) is 0 Å². The maximum Gasteiger partial charge on any atom is 0.0720 e. The quantitative estimate of drug-likeness (QED) is 0.177. The first kappa shape index (κ1) is 31.3. The highest BCUT2D eigenvalue weighted by Gasteiger charge is 2.59. The van der Waals surface area contributed by atoms with Crippen LogP contribution in [0.4, 0.5) is 0 Å². The van der Waals surface area contributed by atoms with E-state index in [0.717, 1.165) is 28.1 Å². The number of pyridine rings is 1. The van der Waals surface area contributed by atoms with Gasteiger partial charge in [-0.25, -0.2) is 4.98 Å². The zero-order valence-electron chi connectivity index (χ0n) is 30.7. The van der Waals surface area contributed by atoms with Gasteiger partial charge in [0.05, 0.1) is 22.2 Å². The van der Waals surface area contributed by atoms with E-state index in [1.54, 1.807) is 0 Å². The molecule has 0 radical (unpaired) electrons. The molecule has 0 amide bonds. The monoisotopic (exact) mass is 709 g/mol. The van der Waals surface area contributed by atoms with Crippen LogP contribution < -0.4 is 0 Å². The maximum absolute atomic E-state index is 5.35. The summed E-state index contributed by atoms with van der Waals surface area (Å²) in [6, 6.07) is 78.6. The molecule has 0 saturated carbocycles. The fraction of sp³-hybridized carbons (Fsp3) is 0.0364. The molecular weight excluding hydrogens is 675 g/mol. The number of benzene rings is 8. The fourth-order valence-electron chi connectivity index (χ4n) is 10.6. The minimum atomic E-state index is -0.513. The number of nitrogens with zero attached hydrogens (tertiary/aromatic N) is 1. The van der Waals surface area contributed by atoms with Gasteiger partial charge in [0.1, 0.15) is 0 Å². The van der Waals surface area contributed by atoms with Crippen LogP contribution in [-0.2, 0) is 10.8 Å². The second-order valence-corrected chi connectivity index (χ2v) is 15.3. The average molecular weight is 710 g/mol. The summed E-state index contributed by atoms with van der Waals surface area (Å²) < 4.78 is 0. The molecule has 3 aliphatic rings. The van der Waals surface area contributed by atoms with Crippen LogP contribution in [0.1, 0.15) is 44.5 Å². The van der Waals surface area contributed by atoms with Crippen LogP contribution in [0.2, 0.25) is 0 Å². The molecule has 0 N–H and O–H groups in total. The molecule has 0 saturated heterocycles. The van der Waals surface area contributed by atoms with E-state index in [-0.39, 0.29) is 0 Å². The van der Waals surface area contributed by atoms with Crippen LogP contribution >= 0.6 is 0 Å². The van der Waals surface area contributed by atoms with Crippen molar-refractivity contribution in [3.63, 3.8) is 0 Å². The third-order valence-corrected chi connectivity index (χ3v) is 12.7. The Kier molecular flexibility index (Phi) is 6.54. The van der Waals surface area contributed by atoms with E-state index in [0.29, 0.717) is 0 Å². The predicted octanol–water partition coefficient (Wildman–Crippen LogP) is 13.1. The van der Waals surface area contributed by atoms with Gasteiger partial charge in [-0.2, -0.15) is 0 Å².